The molecule has 4 atom stereocenters. The smallest absolute Gasteiger partial charge is 0.347 e. The van der Waals surface area contributed by atoms with E-state index in [1.54, 1.807) is 30.3 Å². The van der Waals surface area contributed by atoms with Crippen LogP contribution in [0.5, 0.6) is 0 Å². The van der Waals surface area contributed by atoms with Crippen LogP contribution in [0.1, 0.15) is 77.1 Å². The fraction of sp³-hybridized carbons (Fsp3) is 0.586. The van der Waals surface area contributed by atoms with Crippen molar-refractivity contribution in [3.8, 4) is 0 Å². The minimum Gasteiger partial charge on any atom is -0.478 e. The van der Waals surface area contributed by atoms with Crippen molar-refractivity contribution >= 4 is 43.9 Å². The van der Waals surface area contributed by atoms with Crippen molar-refractivity contribution in [3.05, 3.63) is 35.9 Å². The number of cyclic esters (lactones) is 2. The minimum absolute atomic E-state index is 0. The Labute approximate surface area is 280 Å². The number of nitrogens with zero attached hydrogens (tertiary/aromatic N) is 2. The minimum atomic E-state index is -1.17. The fourth-order valence-electron chi connectivity index (χ4n) is 3.51. The second-order valence-corrected chi connectivity index (χ2v) is 9.64. The normalized spacial score (nSPS) is 20.1. The number of aliphatic imine (C=N–C) groups is 1. The average Bonchev–Trinajstić information content (AvgIpc) is 3.24. The van der Waals surface area contributed by atoms with Crippen LogP contribution >= 0.6 is 0 Å². The number of carboxylic acids is 1. The molecular formula is C29H43BN2O10U. The molecule has 2 radical (unpaired) electrons. The maximum Gasteiger partial charge on any atom is 0.347 e. The second-order valence-electron chi connectivity index (χ2n) is 9.64. The molecule has 0 amide bonds. The standard InChI is InChI=1S/C9H16N2.C7H12O4.C7H6O2.C6H8O4.BH.U/c1-2-5-9-10-6-4-8-11(9)7-3-1;1-4(8)6(3)11-7(10)5(2)9;8-7(9)6-4-2-1-3-5-6;1-3-5(7)10-4(2)6(8)9-3;;/h1-8H2;5-6,9H,1-3H3;1-5H,(H,8,9);3-4H,1-2H3;1H;/i;;;;1D;. The number of carbonyl (C=O) groups excluding carboxylic acids is 4. The van der Waals surface area contributed by atoms with Gasteiger partial charge >= 0.3 is 23.9 Å². The number of aliphatic hydroxyl groups excluding tert-OH is 1. The average molecular weight is 830 g/mol. The molecule has 0 spiro atoms. The molecule has 3 heterocycles. The van der Waals surface area contributed by atoms with Crippen molar-refractivity contribution in [2.45, 2.75) is 91.1 Å². The molecule has 12 nitrogen and oxygen atoms in total. The second kappa shape index (κ2) is 22.8. The third kappa shape index (κ3) is 17.3. The van der Waals surface area contributed by atoms with Gasteiger partial charge in [-0.25, -0.2) is 19.2 Å². The number of hydrogen-bond acceptors (Lipinski definition) is 11. The summed E-state index contributed by atoms with van der Waals surface area (Å²) in [4.78, 5) is 59.7. The summed E-state index contributed by atoms with van der Waals surface area (Å²) >= 11 is 0. The van der Waals surface area contributed by atoms with Gasteiger partial charge < -0.3 is 29.3 Å². The van der Waals surface area contributed by atoms with E-state index in [1.165, 1.54) is 85.6 Å². The van der Waals surface area contributed by atoms with E-state index in [2.05, 4.69) is 32.5 Å². The summed E-state index contributed by atoms with van der Waals surface area (Å²) in [6.45, 7) is 10.6. The van der Waals surface area contributed by atoms with Gasteiger partial charge in [0.1, 0.15) is 6.10 Å². The maximum atomic E-state index is 10.7. The SMILES string of the molecule is C1CCC2=NCCCN2CC1.CC(=O)C(C)OC(=O)C(C)O.CC1OC(=O)C(C)OC1=O.O=C(O)c1ccccc1.[2H][B].[U]. The summed E-state index contributed by atoms with van der Waals surface area (Å²) in [6, 6.07) is 8.30. The Hall–Kier alpha value is -2.68. The number of carboxylic acid groups (broad SMARTS) is 1. The van der Waals surface area contributed by atoms with Gasteiger partial charge in [-0.15, -0.1) is 0 Å². The molecule has 43 heavy (non-hydrogen) atoms. The summed E-state index contributed by atoms with van der Waals surface area (Å²) in [5.74, 6) is -1.45. The molecule has 3 aliphatic rings. The number of Topliss-reactive ketones (excluding diaryl/α,β-unsaturated/α-hetero) is 1. The van der Waals surface area contributed by atoms with Crippen LogP contribution in [-0.2, 0) is 33.4 Å². The van der Waals surface area contributed by atoms with Crippen LogP contribution in [0.4, 0.5) is 0 Å². The van der Waals surface area contributed by atoms with Crippen LogP contribution in [0.25, 0.3) is 0 Å². The molecule has 236 valence electrons. The first-order chi connectivity index (χ1) is 20.3. The number of fused-ring (bicyclic) bond motifs is 1. The van der Waals surface area contributed by atoms with Gasteiger partial charge in [0.05, 0.1) is 11.4 Å². The number of benzene rings is 1. The molecule has 4 rings (SSSR count). The molecule has 0 aromatic heterocycles. The van der Waals surface area contributed by atoms with E-state index in [9.17, 15) is 24.0 Å². The van der Waals surface area contributed by atoms with E-state index in [0.29, 0.717) is 5.56 Å². The van der Waals surface area contributed by atoms with E-state index >= 15 is 0 Å². The van der Waals surface area contributed by atoms with Crippen LogP contribution in [0, 0.1) is 31.1 Å². The molecule has 1 aromatic rings. The Morgan fingerprint density at radius 1 is 1.00 bits per heavy atom. The van der Waals surface area contributed by atoms with Gasteiger partial charge in [0.2, 0.25) is 0 Å². The molecule has 1 aromatic carbocycles. The monoisotopic (exact) mass is 829 g/mol. The summed E-state index contributed by atoms with van der Waals surface area (Å²) in [5, 5.41) is 17.1. The zero-order valence-electron chi connectivity index (χ0n) is 26.5. The first-order valence-electron chi connectivity index (χ1n) is 14.3. The first-order valence-corrected chi connectivity index (χ1v) is 13.7. The number of amidine groups is 1. The molecular weight excluding hydrogens is 785 g/mol. The third-order valence-electron chi connectivity index (χ3n) is 6.05. The van der Waals surface area contributed by atoms with Crippen molar-refractivity contribution in [1.82, 2.24) is 4.90 Å². The number of rotatable bonds is 4. The van der Waals surface area contributed by atoms with Crippen molar-refractivity contribution in [1.29, 1.82) is 1.34 Å². The Morgan fingerprint density at radius 2 is 1.53 bits per heavy atom. The molecule has 14 heteroatoms. The van der Waals surface area contributed by atoms with Crippen molar-refractivity contribution in [3.63, 3.8) is 0 Å². The molecule has 2 N–H and O–H groups in total. The van der Waals surface area contributed by atoms with Crippen LogP contribution < -0.4 is 0 Å². The molecule has 0 bridgehead atoms. The summed E-state index contributed by atoms with van der Waals surface area (Å²) in [5.41, 5.74) is 0.331. The van der Waals surface area contributed by atoms with E-state index in [0.717, 1.165) is 6.54 Å². The van der Waals surface area contributed by atoms with Gasteiger partial charge in [0, 0.05) is 65.5 Å². The summed E-state index contributed by atoms with van der Waals surface area (Å²) in [7, 11) is 3.75. The number of esters is 3. The largest absolute Gasteiger partial charge is 0.478 e. The maximum absolute atomic E-state index is 10.7. The number of ether oxygens (including phenoxy) is 3. The number of aliphatic hydroxyl groups is 1. The third-order valence-corrected chi connectivity index (χ3v) is 6.05. The van der Waals surface area contributed by atoms with Gasteiger partial charge in [-0.2, -0.15) is 0 Å². The number of carbonyl (C=O) groups is 5. The summed E-state index contributed by atoms with van der Waals surface area (Å²) < 4.78 is 19.0. The van der Waals surface area contributed by atoms with Crippen LogP contribution in [0.2, 0.25) is 0 Å². The molecule has 4 unspecified atom stereocenters. The molecule has 2 saturated heterocycles. The zero-order valence-corrected chi connectivity index (χ0v) is 29.6. The summed E-state index contributed by atoms with van der Waals surface area (Å²) in [6.07, 6.45) is 3.20. The van der Waals surface area contributed by atoms with Gasteiger partial charge in [-0.3, -0.25) is 9.79 Å². The molecule has 0 saturated carbocycles. The van der Waals surface area contributed by atoms with E-state index < -0.39 is 48.3 Å². The van der Waals surface area contributed by atoms with Gasteiger partial charge in [-0.1, -0.05) is 24.6 Å². The van der Waals surface area contributed by atoms with Gasteiger partial charge in [0.15, 0.2) is 24.1 Å². The van der Waals surface area contributed by atoms with Gasteiger partial charge in [-0.05, 0) is 67.3 Å². The Bertz CT molecular complexity index is 1040. The molecule has 0 aliphatic carbocycles. The zero-order chi connectivity index (χ0) is 32.9. The predicted octanol–water partition coefficient (Wildman–Crippen LogP) is 2.15. The number of aromatic carboxylic acids is 1. The number of ketones is 1. The van der Waals surface area contributed by atoms with Crippen LogP contribution in [0.15, 0.2) is 35.3 Å². The Morgan fingerprint density at radius 3 is 2.00 bits per heavy atom. The topological polar surface area (TPSA) is 169 Å². The van der Waals surface area contributed by atoms with E-state index in [4.69, 9.17) is 11.5 Å². The van der Waals surface area contributed by atoms with Crippen molar-refractivity contribution in [2.75, 3.05) is 19.6 Å². The Balaban J connectivity index is 0. The fourth-order valence-corrected chi connectivity index (χ4v) is 3.51. The number of hydrogen-bond donors (Lipinski definition) is 2. The molecule has 2 fully saturated rings. The predicted molar refractivity (Wildman–Crippen MR) is 157 cm³/mol. The molecule has 3 aliphatic heterocycles. The quantitative estimate of drug-likeness (QED) is 0.259. The van der Waals surface area contributed by atoms with Gasteiger partial charge in [0.25, 0.3) is 0 Å². The van der Waals surface area contributed by atoms with Crippen LogP contribution in [0.3, 0.4) is 0 Å². The van der Waals surface area contributed by atoms with E-state index in [-0.39, 0.29) is 36.9 Å². The van der Waals surface area contributed by atoms with E-state index in [1.807, 2.05) is 0 Å². The van der Waals surface area contributed by atoms with Crippen molar-refractivity contribution in [2.24, 2.45) is 4.99 Å². The first kappa shape index (κ1) is 40.3. The Kier molecular flexibility index (Phi) is 21.4. The van der Waals surface area contributed by atoms with Crippen LogP contribution in [-0.4, -0.2) is 104 Å². The van der Waals surface area contributed by atoms with Crippen molar-refractivity contribution < 1.29 is 79.5 Å².